The Kier molecular flexibility index (Phi) is 5.48. The second kappa shape index (κ2) is 5.38. The summed E-state index contributed by atoms with van der Waals surface area (Å²) in [5.74, 6) is 0. The van der Waals surface area contributed by atoms with Crippen LogP contribution in [0.5, 0.6) is 0 Å². The lowest BCUT2D eigenvalue weighted by molar-refractivity contribution is 0.203. The number of rotatable bonds is 5. The molecule has 0 fully saturated rings. The highest BCUT2D eigenvalue weighted by atomic mass is 32.2. The van der Waals surface area contributed by atoms with Crippen LogP contribution >= 0.6 is 0 Å². The van der Waals surface area contributed by atoms with Crippen molar-refractivity contribution in [3.8, 4) is 0 Å². The molecule has 0 aliphatic carbocycles. The van der Waals surface area contributed by atoms with Gasteiger partial charge in [-0.2, -0.15) is 8.42 Å². The zero-order valence-electron chi connectivity index (χ0n) is 13.4. The average molecular weight is 311 g/mol. The van der Waals surface area contributed by atoms with Crippen molar-refractivity contribution in [1.29, 1.82) is 0 Å². The molecule has 0 bridgehead atoms. The van der Waals surface area contributed by atoms with Crippen LogP contribution in [0.4, 0.5) is 0 Å². The van der Waals surface area contributed by atoms with Gasteiger partial charge in [0, 0.05) is 0 Å². The molecule has 0 aliphatic rings. The van der Waals surface area contributed by atoms with Crippen LogP contribution in [0.2, 0.25) is 39.3 Å². The van der Waals surface area contributed by atoms with Crippen LogP contribution in [-0.4, -0.2) is 35.7 Å². The molecule has 0 unspecified atom stereocenters. The molecule has 110 valence electrons. The summed E-state index contributed by atoms with van der Waals surface area (Å²) in [4.78, 5) is 0. The normalized spacial score (nSPS) is 15.2. The molecule has 0 saturated heterocycles. The highest BCUT2D eigenvalue weighted by Gasteiger charge is 2.47. The molecule has 0 radical (unpaired) electrons. The minimum absolute atomic E-state index is 0.128. The monoisotopic (exact) mass is 310 g/mol. The van der Waals surface area contributed by atoms with E-state index in [0.29, 0.717) is 0 Å². The van der Waals surface area contributed by atoms with Gasteiger partial charge in [-0.25, -0.2) is 0 Å². The first-order valence-electron chi connectivity index (χ1n) is 6.46. The highest BCUT2D eigenvalue weighted by Crippen LogP contribution is 2.28. The standard InChI is InChI=1S/C12H30O3SSi2/c1-12(2,3)10-15-16(13,14)11(17(4,5)6)18(7,8)9/h11H,10H2,1-9H3. The quantitative estimate of drug-likeness (QED) is 0.576. The van der Waals surface area contributed by atoms with E-state index in [2.05, 4.69) is 39.3 Å². The molecule has 0 spiro atoms. The molecular formula is C12H30O3SSi2. The van der Waals surface area contributed by atoms with Crippen LogP contribution in [0.3, 0.4) is 0 Å². The van der Waals surface area contributed by atoms with Gasteiger partial charge >= 0.3 is 0 Å². The van der Waals surface area contributed by atoms with Crippen LogP contribution in [0, 0.1) is 5.41 Å². The van der Waals surface area contributed by atoms with E-state index in [1.54, 1.807) is 0 Å². The number of hydrogen-bond donors (Lipinski definition) is 0. The zero-order valence-corrected chi connectivity index (χ0v) is 16.2. The van der Waals surface area contributed by atoms with E-state index in [1.807, 2.05) is 20.8 Å². The molecule has 0 aromatic carbocycles. The first kappa shape index (κ1) is 18.3. The first-order chi connectivity index (χ1) is 7.57. The van der Waals surface area contributed by atoms with Gasteiger partial charge in [0.25, 0.3) is 10.1 Å². The summed E-state index contributed by atoms with van der Waals surface area (Å²) < 4.78 is 30.1. The summed E-state index contributed by atoms with van der Waals surface area (Å²) in [7, 11) is -7.06. The van der Waals surface area contributed by atoms with Gasteiger partial charge < -0.3 is 0 Å². The lowest BCUT2D eigenvalue weighted by atomic mass is 9.99. The molecule has 18 heavy (non-hydrogen) atoms. The minimum atomic E-state index is -3.45. The molecular weight excluding hydrogens is 280 g/mol. The topological polar surface area (TPSA) is 43.4 Å². The minimum Gasteiger partial charge on any atom is -0.270 e. The fourth-order valence-electron chi connectivity index (χ4n) is 2.49. The Morgan fingerprint density at radius 2 is 1.28 bits per heavy atom. The predicted molar refractivity (Wildman–Crippen MR) is 84.8 cm³/mol. The summed E-state index contributed by atoms with van der Waals surface area (Å²) in [6.07, 6.45) is 0. The molecule has 0 saturated carbocycles. The van der Waals surface area contributed by atoms with Crippen LogP contribution in [0.15, 0.2) is 0 Å². The summed E-state index contributed by atoms with van der Waals surface area (Å²) in [6.45, 7) is 18.9. The molecule has 0 aliphatic heterocycles. The highest BCUT2D eigenvalue weighted by molar-refractivity contribution is 7.91. The van der Waals surface area contributed by atoms with Gasteiger partial charge in [0.15, 0.2) is 0 Å². The Bertz CT molecular complexity index is 356. The van der Waals surface area contributed by atoms with Crippen LogP contribution in [0.1, 0.15) is 20.8 Å². The van der Waals surface area contributed by atoms with E-state index in [1.165, 1.54) is 0 Å². The van der Waals surface area contributed by atoms with Crippen LogP contribution in [0.25, 0.3) is 0 Å². The van der Waals surface area contributed by atoms with E-state index in [9.17, 15) is 8.42 Å². The van der Waals surface area contributed by atoms with Crippen molar-refractivity contribution in [2.24, 2.45) is 5.41 Å². The van der Waals surface area contributed by atoms with Gasteiger partial charge in [-0.3, -0.25) is 4.18 Å². The average Bonchev–Trinajstić information content (AvgIpc) is 1.92. The molecule has 0 rings (SSSR count). The maximum Gasteiger partial charge on any atom is 0.265 e. The molecule has 6 heteroatoms. The van der Waals surface area contributed by atoms with Crippen molar-refractivity contribution in [2.75, 3.05) is 6.61 Å². The largest absolute Gasteiger partial charge is 0.270 e. The Morgan fingerprint density at radius 3 is 1.50 bits per heavy atom. The van der Waals surface area contributed by atoms with Crippen LogP contribution in [-0.2, 0) is 14.3 Å². The van der Waals surface area contributed by atoms with Crippen molar-refractivity contribution in [2.45, 2.75) is 64.5 Å². The Hall–Kier alpha value is 0.344. The van der Waals surface area contributed by atoms with E-state index in [-0.39, 0.29) is 16.5 Å². The van der Waals surface area contributed by atoms with Gasteiger partial charge in [0.1, 0.15) is 0 Å². The number of hydrogen-bond acceptors (Lipinski definition) is 3. The summed E-state index contributed by atoms with van der Waals surface area (Å²) >= 11 is 0. The molecule has 0 aromatic rings. The Balaban J connectivity index is 5.27. The zero-order chi connectivity index (χ0) is 15.0. The second-order valence-electron chi connectivity index (χ2n) is 8.43. The fourth-order valence-corrected chi connectivity index (χ4v) is 20.9. The Labute approximate surface area is 115 Å². The maximum absolute atomic E-state index is 12.5. The third-order valence-corrected chi connectivity index (χ3v) is 17.9. The third-order valence-electron chi connectivity index (χ3n) is 2.52. The fraction of sp³-hybridized carbons (Fsp3) is 1.00. The van der Waals surface area contributed by atoms with E-state index < -0.39 is 26.3 Å². The van der Waals surface area contributed by atoms with Crippen molar-refractivity contribution < 1.29 is 12.6 Å². The van der Waals surface area contributed by atoms with Crippen molar-refractivity contribution in [1.82, 2.24) is 0 Å². The molecule has 0 amide bonds. The van der Waals surface area contributed by atoms with Gasteiger partial charge in [-0.15, -0.1) is 0 Å². The molecule has 0 N–H and O–H groups in total. The van der Waals surface area contributed by atoms with E-state index in [4.69, 9.17) is 4.18 Å². The van der Waals surface area contributed by atoms with Gasteiger partial charge in [0.2, 0.25) is 0 Å². The van der Waals surface area contributed by atoms with Crippen LogP contribution < -0.4 is 0 Å². The lowest BCUT2D eigenvalue weighted by Gasteiger charge is -2.37. The van der Waals surface area contributed by atoms with E-state index in [0.717, 1.165) is 0 Å². The van der Waals surface area contributed by atoms with Gasteiger partial charge in [-0.1, -0.05) is 60.1 Å². The molecule has 0 heterocycles. The molecule has 0 aromatic heterocycles. The molecule has 0 atom stereocenters. The lowest BCUT2D eigenvalue weighted by Crippen LogP contribution is -2.58. The Morgan fingerprint density at radius 1 is 0.944 bits per heavy atom. The second-order valence-corrected chi connectivity index (χ2v) is 22.2. The summed E-state index contributed by atoms with van der Waals surface area (Å²) in [6, 6.07) is 0. The van der Waals surface area contributed by atoms with Gasteiger partial charge in [-0.05, 0) is 5.41 Å². The predicted octanol–water partition coefficient (Wildman–Crippen LogP) is 3.50. The van der Waals surface area contributed by atoms with Crippen molar-refractivity contribution in [3.05, 3.63) is 0 Å². The smallest absolute Gasteiger partial charge is 0.265 e. The first-order valence-corrected chi connectivity index (χ1v) is 15.1. The van der Waals surface area contributed by atoms with Crippen molar-refractivity contribution >= 4 is 26.3 Å². The molecule has 3 nitrogen and oxygen atoms in total. The van der Waals surface area contributed by atoms with E-state index >= 15 is 0 Å². The summed E-state index contributed by atoms with van der Waals surface area (Å²) in [5.41, 5.74) is -0.128. The van der Waals surface area contributed by atoms with Gasteiger partial charge in [0.05, 0.1) is 27.3 Å². The SMILES string of the molecule is CC(C)(C)COS(=O)(=O)C([Si](C)(C)C)[Si](C)(C)C. The summed E-state index contributed by atoms with van der Waals surface area (Å²) in [5, 5.41) is 0. The van der Waals surface area contributed by atoms with Crippen molar-refractivity contribution in [3.63, 3.8) is 0 Å². The third kappa shape index (κ3) is 5.99. The maximum atomic E-state index is 12.5.